The third-order valence-electron chi connectivity index (χ3n) is 7.25. The van der Waals surface area contributed by atoms with Crippen LogP contribution in [0.5, 0.6) is 0 Å². The first-order valence-corrected chi connectivity index (χ1v) is 9.57. The SMILES string of the molecule is C/C=C1\CN(C)C2CC3(C(=O)N(OC)c4ccccc43)C3CC1C2CO3. The number of ether oxygens (including phenoxy) is 1. The van der Waals surface area contributed by atoms with Gasteiger partial charge in [0.25, 0.3) is 5.91 Å². The van der Waals surface area contributed by atoms with Gasteiger partial charge in [-0.2, -0.15) is 5.06 Å². The average molecular weight is 354 g/mol. The third kappa shape index (κ3) is 1.89. The molecule has 0 aromatic heterocycles. The molecule has 4 heterocycles. The molecule has 4 fully saturated rings. The molecule has 5 nitrogen and oxygen atoms in total. The van der Waals surface area contributed by atoms with E-state index in [0.29, 0.717) is 17.9 Å². The van der Waals surface area contributed by atoms with Crippen molar-refractivity contribution >= 4 is 11.6 Å². The van der Waals surface area contributed by atoms with E-state index in [0.717, 1.165) is 37.2 Å². The standard InChI is InChI=1S/C21H26N2O3/c1-4-13-11-22(2)18-10-21(19-9-14(13)15(18)12-26-19)16-7-5-6-8-17(16)23(25-3)20(21)24/h4-8,14-15,18-19H,9-12H2,1-3H3/b13-4+. The van der Waals surface area contributed by atoms with Crippen LogP contribution in [0.1, 0.15) is 25.3 Å². The van der Waals surface area contributed by atoms with Crippen LogP contribution in [0.3, 0.4) is 0 Å². The van der Waals surface area contributed by atoms with Crippen molar-refractivity contribution in [1.29, 1.82) is 0 Å². The van der Waals surface area contributed by atoms with Crippen molar-refractivity contribution in [2.75, 3.05) is 32.4 Å². The number of likely N-dealkylation sites (N-methyl/N-ethyl adjacent to an activating group) is 1. The number of carbonyl (C=O) groups excluding carboxylic acids is 1. The summed E-state index contributed by atoms with van der Waals surface area (Å²) in [6.45, 7) is 3.88. The Morgan fingerprint density at radius 3 is 2.92 bits per heavy atom. The van der Waals surface area contributed by atoms with Crippen LogP contribution in [0.15, 0.2) is 35.9 Å². The Kier molecular flexibility index (Phi) is 3.58. The second kappa shape index (κ2) is 5.65. The van der Waals surface area contributed by atoms with E-state index in [1.54, 1.807) is 7.11 Å². The minimum atomic E-state index is -0.641. The summed E-state index contributed by atoms with van der Waals surface area (Å²) in [5, 5.41) is 1.48. The summed E-state index contributed by atoms with van der Waals surface area (Å²) >= 11 is 0. The number of para-hydroxylation sites is 1. The topological polar surface area (TPSA) is 42.0 Å². The molecule has 26 heavy (non-hydrogen) atoms. The maximum Gasteiger partial charge on any atom is 0.264 e. The predicted octanol–water partition coefficient (Wildman–Crippen LogP) is 2.52. The molecule has 4 aliphatic heterocycles. The van der Waals surface area contributed by atoms with Gasteiger partial charge in [-0.25, -0.2) is 0 Å². The fraction of sp³-hybridized carbons (Fsp3) is 0.571. The summed E-state index contributed by atoms with van der Waals surface area (Å²) < 4.78 is 6.38. The lowest BCUT2D eigenvalue weighted by Crippen LogP contribution is -2.50. The van der Waals surface area contributed by atoms with Crippen LogP contribution in [0.2, 0.25) is 0 Å². The van der Waals surface area contributed by atoms with Crippen molar-refractivity contribution in [1.82, 2.24) is 4.90 Å². The molecule has 1 amide bonds. The molecule has 5 aliphatic rings. The van der Waals surface area contributed by atoms with Crippen molar-refractivity contribution in [2.45, 2.75) is 37.3 Å². The molecule has 5 unspecified atom stereocenters. The number of hydrogen-bond acceptors (Lipinski definition) is 4. The zero-order valence-electron chi connectivity index (χ0n) is 15.6. The highest BCUT2D eigenvalue weighted by molar-refractivity contribution is 6.07. The molecule has 138 valence electrons. The van der Waals surface area contributed by atoms with Crippen molar-refractivity contribution in [2.24, 2.45) is 11.8 Å². The van der Waals surface area contributed by atoms with E-state index in [1.165, 1.54) is 10.6 Å². The Bertz CT molecular complexity index is 791. The number of nitrogens with zero attached hydrogens (tertiary/aromatic N) is 2. The van der Waals surface area contributed by atoms with E-state index in [9.17, 15) is 4.79 Å². The number of amides is 1. The molecule has 0 radical (unpaired) electrons. The van der Waals surface area contributed by atoms with Gasteiger partial charge in [0.2, 0.25) is 0 Å². The van der Waals surface area contributed by atoms with Crippen molar-refractivity contribution in [3.8, 4) is 0 Å². The minimum absolute atomic E-state index is 0.0369. The van der Waals surface area contributed by atoms with E-state index >= 15 is 0 Å². The lowest BCUT2D eigenvalue weighted by atomic mass is 9.72. The van der Waals surface area contributed by atoms with Gasteiger partial charge >= 0.3 is 0 Å². The average Bonchev–Trinajstić information content (AvgIpc) is 2.77. The van der Waals surface area contributed by atoms with Crippen LogP contribution in [0.4, 0.5) is 5.69 Å². The van der Waals surface area contributed by atoms with Crippen molar-refractivity contribution in [3.05, 3.63) is 41.5 Å². The normalized spacial score (nSPS) is 40.3. The number of fused-ring (bicyclic) bond motifs is 2. The summed E-state index contributed by atoms with van der Waals surface area (Å²) in [6, 6.07) is 8.42. The molecule has 6 rings (SSSR count). The molecule has 5 atom stereocenters. The molecule has 1 aliphatic carbocycles. The maximum atomic E-state index is 13.6. The minimum Gasteiger partial charge on any atom is -0.376 e. The van der Waals surface area contributed by atoms with Crippen LogP contribution in [-0.4, -0.2) is 50.3 Å². The van der Waals surface area contributed by atoms with Crippen LogP contribution >= 0.6 is 0 Å². The lowest BCUT2D eigenvalue weighted by Gasteiger charge is -2.46. The number of rotatable bonds is 1. The van der Waals surface area contributed by atoms with Crippen molar-refractivity contribution < 1.29 is 14.4 Å². The van der Waals surface area contributed by atoms with Gasteiger partial charge in [-0.3, -0.25) is 14.5 Å². The fourth-order valence-electron chi connectivity index (χ4n) is 6.01. The number of carbonyl (C=O) groups is 1. The van der Waals surface area contributed by atoms with E-state index < -0.39 is 5.41 Å². The van der Waals surface area contributed by atoms with Crippen LogP contribution in [0, 0.1) is 11.8 Å². The number of allylic oxidation sites excluding steroid dienone is 1. The molecule has 4 bridgehead atoms. The Morgan fingerprint density at radius 1 is 1.35 bits per heavy atom. The first-order chi connectivity index (χ1) is 12.6. The number of piperidine rings is 1. The molecule has 1 aromatic carbocycles. The van der Waals surface area contributed by atoms with E-state index in [1.807, 2.05) is 18.2 Å². The van der Waals surface area contributed by atoms with Gasteiger partial charge in [-0.05, 0) is 44.4 Å². The lowest BCUT2D eigenvalue weighted by molar-refractivity contribution is -0.137. The Balaban J connectivity index is 1.70. The predicted molar refractivity (Wildman–Crippen MR) is 98.7 cm³/mol. The molecule has 5 heteroatoms. The fourth-order valence-corrected chi connectivity index (χ4v) is 6.01. The Hall–Kier alpha value is -1.69. The van der Waals surface area contributed by atoms with Gasteiger partial charge in [-0.15, -0.1) is 0 Å². The largest absolute Gasteiger partial charge is 0.376 e. The quantitative estimate of drug-likeness (QED) is 0.727. The summed E-state index contributed by atoms with van der Waals surface area (Å²) in [4.78, 5) is 21.6. The number of anilines is 1. The molecule has 0 N–H and O–H groups in total. The van der Waals surface area contributed by atoms with Gasteiger partial charge in [-0.1, -0.05) is 29.8 Å². The van der Waals surface area contributed by atoms with Crippen LogP contribution in [-0.2, 0) is 19.8 Å². The molecule has 1 aromatic rings. The molecular formula is C21H26N2O3. The third-order valence-corrected chi connectivity index (χ3v) is 7.25. The Labute approximate surface area is 154 Å². The number of benzene rings is 1. The summed E-state index contributed by atoms with van der Waals surface area (Å²) in [5.41, 5.74) is 2.80. The second-order valence-electron chi connectivity index (χ2n) is 8.15. The van der Waals surface area contributed by atoms with E-state index in [2.05, 4.69) is 31.0 Å². The molecule has 3 saturated heterocycles. The van der Waals surface area contributed by atoms with Gasteiger partial charge in [0.1, 0.15) is 5.41 Å². The highest BCUT2D eigenvalue weighted by Gasteiger charge is 2.63. The second-order valence-corrected chi connectivity index (χ2v) is 8.15. The molecule has 1 saturated carbocycles. The first-order valence-electron chi connectivity index (χ1n) is 9.57. The summed E-state index contributed by atoms with van der Waals surface area (Å²) in [6.07, 6.45) is 3.91. The molecular weight excluding hydrogens is 328 g/mol. The van der Waals surface area contributed by atoms with Crippen LogP contribution < -0.4 is 5.06 Å². The smallest absolute Gasteiger partial charge is 0.264 e. The highest BCUT2D eigenvalue weighted by atomic mass is 16.7. The Morgan fingerprint density at radius 2 is 2.15 bits per heavy atom. The maximum absolute atomic E-state index is 13.6. The van der Waals surface area contributed by atoms with Gasteiger partial charge < -0.3 is 4.74 Å². The monoisotopic (exact) mass is 354 g/mol. The zero-order chi connectivity index (χ0) is 18.1. The first kappa shape index (κ1) is 16.5. The zero-order valence-corrected chi connectivity index (χ0v) is 15.6. The van der Waals surface area contributed by atoms with E-state index in [-0.39, 0.29) is 12.0 Å². The van der Waals surface area contributed by atoms with Crippen molar-refractivity contribution in [3.63, 3.8) is 0 Å². The van der Waals surface area contributed by atoms with Gasteiger partial charge in [0, 0.05) is 18.5 Å². The van der Waals surface area contributed by atoms with Crippen LogP contribution in [0.25, 0.3) is 0 Å². The summed E-state index contributed by atoms with van der Waals surface area (Å²) in [7, 11) is 3.77. The number of likely N-dealkylation sites (tertiary alicyclic amines) is 1. The molecule has 1 spiro atoms. The van der Waals surface area contributed by atoms with E-state index in [4.69, 9.17) is 9.57 Å². The number of hydroxylamine groups is 1. The summed E-state index contributed by atoms with van der Waals surface area (Å²) in [5.74, 6) is 1.03. The van der Waals surface area contributed by atoms with Gasteiger partial charge in [0.15, 0.2) is 0 Å². The highest BCUT2D eigenvalue weighted by Crippen LogP contribution is 2.57. The van der Waals surface area contributed by atoms with Gasteiger partial charge in [0.05, 0.1) is 25.5 Å². The number of hydrogen-bond donors (Lipinski definition) is 0.